The van der Waals surface area contributed by atoms with E-state index in [1.807, 2.05) is 36.1 Å². The van der Waals surface area contributed by atoms with E-state index in [1.165, 1.54) is 11.3 Å². The topological polar surface area (TPSA) is 108 Å². The van der Waals surface area contributed by atoms with Crippen LogP contribution in [0.15, 0.2) is 36.8 Å². The van der Waals surface area contributed by atoms with Gasteiger partial charge in [-0.1, -0.05) is 0 Å². The van der Waals surface area contributed by atoms with Crippen LogP contribution < -0.4 is 15.4 Å². The number of nitrogens with zero attached hydrogens (tertiary/aromatic N) is 5. The Balaban J connectivity index is 1.54. The fraction of sp³-hybridized carbons (Fsp3) is 0.300. The summed E-state index contributed by atoms with van der Waals surface area (Å²) in [6, 6.07) is 5.50. The van der Waals surface area contributed by atoms with Crippen molar-refractivity contribution < 1.29 is 14.3 Å². The predicted octanol–water partition coefficient (Wildman–Crippen LogP) is 2.49. The number of anilines is 2. The fourth-order valence-corrected chi connectivity index (χ4v) is 4.27. The number of nitrogens with one attached hydrogen (secondary N) is 2. The number of carbonyl (C=O) groups excluding carboxylic acids is 1. The van der Waals surface area contributed by atoms with E-state index >= 15 is 0 Å². The number of thiophene rings is 1. The second kappa shape index (κ2) is 8.00. The first-order valence-corrected chi connectivity index (χ1v) is 10.6. The highest BCUT2D eigenvalue weighted by Crippen LogP contribution is 2.31. The zero-order chi connectivity index (χ0) is 21.4. The molecule has 0 spiro atoms. The molecule has 11 heteroatoms. The summed E-state index contributed by atoms with van der Waals surface area (Å²) in [4.78, 5) is 21.8. The van der Waals surface area contributed by atoms with Gasteiger partial charge in [-0.15, -0.1) is 11.3 Å². The Morgan fingerprint density at radius 3 is 2.97 bits per heavy atom. The number of aryl methyl sites for hydroxylation is 1. The average Bonchev–Trinajstić information content (AvgIpc) is 3.54. The maximum Gasteiger partial charge on any atom is 0.261 e. The van der Waals surface area contributed by atoms with Gasteiger partial charge in [-0.2, -0.15) is 10.1 Å². The lowest BCUT2D eigenvalue weighted by molar-refractivity contribution is 0.0967. The molecule has 0 aliphatic carbocycles. The van der Waals surface area contributed by atoms with Gasteiger partial charge in [0.05, 0.1) is 40.5 Å². The molecular weight excluding hydrogens is 418 g/mol. The van der Waals surface area contributed by atoms with Gasteiger partial charge >= 0.3 is 0 Å². The molecule has 0 radical (unpaired) electrons. The molecule has 10 nitrogen and oxygen atoms in total. The quantitative estimate of drug-likeness (QED) is 0.475. The van der Waals surface area contributed by atoms with Crippen LogP contribution >= 0.6 is 11.3 Å². The minimum absolute atomic E-state index is 0.0650. The molecule has 1 aliphatic rings. The monoisotopic (exact) mass is 439 g/mol. The molecule has 0 saturated carbocycles. The molecule has 0 unspecified atom stereocenters. The standard InChI is InChI=1S/C20H21N7O3S/c1-21-18(28)15-3-4-16(31-15)24-20-23-14-5-7-27(12-9-22-26(2)10-12)17(14)19(25-20)30-13-6-8-29-11-13/h3-5,7,9-10,13H,6,8,11H2,1-2H3,(H,21,28)(H,23,24,25)/t13-/m1/s1. The molecule has 0 aromatic carbocycles. The minimum atomic E-state index is -0.131. The first-order valence-electron chi connectivity index (χ1n) is 9.82. The third kappa shape index (κ3) is 3.84. The first-order chi connectivity index (χ1) is 15.1. The summed E-state index contributed by atoms with van der Waals surface area (Å²) in [6.07, 6.45) is 6.36. The number of ether oxygens (including phenoxy) is 2. The summed E-state index contributed by atoms with van der Waals surface area (Å²) >= 11 is 1.33. The second-order valence-corrected chi connectivity index (χ2v) is 8.20. The lowest BCUT2D eigenvalue weighted by Gasteiger charge is -2.14. The van der Waals surface area contributed by atoms with E-state index in [9.17, 15) is 4.79 Å². The molecule has 0 bridgehead atoms. The Labute approximate surface area is 181 Å². The van der Waals surface area contributed by atoms with Crippen LogP contribution in [0.5, 0.6) is 5.88 Å². The SMILES string of the molecule is CNC(=O)c1ccc(Nc2nc(O[C@@H]3CCOC3)c3c(ccn3-c3cnn(C)c3)n2)s1. The number of hydrogen-bond donors (Lipinski definition) is 2. The van der Waals surface area contributed by atoms with Gasteiger partial charge in [0.25, 0.3) is 5.91 Å². The highest BCUT2D eigenvalue weighted by atomic mass is 32.1. The molecule has 1 amide bonds. The smallest absolute Gasteiger partial charge is 0.261 e. The Morgan fingerprint density at radius 1 is 1.32 bits per heavy atom. The largest absolute Gasteiger partial charge is 0.470 e. The van der Waals surface area contributed by atoms with Crippen LogP contribution in [-0.2, 0) is 11.8 Å². The third-order valence-corrected chi connectivity index (χ3v) is 5.93. The van der Waals surface area contributed by atoms with E-state index in [0.29, 0.717) is 29.9 Å². The van der Waals surface area contributed by atoms with Gasteiger partial charge < -0.3 is 24.7 Å². The second-order valence-electron chi connectivity index (χ2n) is 7.12. The van der Waals surface area contributed by atoms with E-state index in [0.717, 1.165) is 28.1 Å². The summed E-state index contributed by atoms with van der Waals surface area (Å²) in [5, 5.41) is 10.8. The summed E-state index contributed by atoms with van der Waals surface area (Å²) in [7, 11) is 3.48. The van der Waals surface area contributed by atoms with Crippen molar-refractivity contribution in [3.63, 3.8) is 0 Å². The number of carbonyl (C=O) groups is 1. The average molecular weight is 440 g/mol. The van der Waals surface area contributed by atoms with Crippen molar-refractivity contribution in [3.05, 3.63) is 41.7 Å². The Hall–Kier alpha value is -3.44. The maximum atomic E-state index is 11.8. The van der Waals surface area contributed by atoms with E-state index in [1.54, 1.807) is 24.0 Å². The predicted molar refractivity (Wildman–Crippen MR) is 116 cm³/mol. The van der Waals surface area contributed by atoms with Gasteiger partial charge in [-0.25, -0.2) is 4.98 Å². The van der Waals surface area contributed by atoms with Crippen LogP contribution in [0.3, 0.4) is 0 Å². The Morgan fingerprint density at radius 2 is 2.23 bits per heavy atom. The van der Waals surface area contributed by atoms with E-state index in [2.05, 4.69) is 25.7 Å². The van der Waals surface area contributed by atoms with Crippen molar-refractivity contribution in [2.24, 2.45) is 7.05 Å². The van der Waals surface area contributed by atoms with Gasteiger partial charge in [0.15, 0.2) is 0 Å². The van der Waals surface area contributed by atoms with Gasteiger partial charge in [0, 0.05) is 32.9 Å². The summed E-state index contributed by atoms with van der Waals surface area (Å²) in [6.45, 7) is 1.20. The molecule has 5 heterocycles. The van der Waals surface area contributed by atoms with E-state index in [-0.39, 0.29) is 12.0 Å². The van der Waals surface area contributed by atoms with Crippen LogP contribution in [0.2, 0.25) is 0 Å². The molecule has 31 heavy (non-hydrogen) atoms. The molecule has 2 N–H and O–H groups in total. The highest BCUT2D eigenvalue weighted by Gasteiger charge is 2.22. The number of amides is 1. The van der Waals surface area contributed by atoms with Crippen LogP contribution in [0.1, 0.15) is 16.1 Å². The Bertz CT molecular complexity index is 1240. The summed E-state index contributed by atoms with van der Waals surface area (Å²) in [5.41, 5.74) is 2.39. The number of fused-ring (bicyclic) bond motifs is 1. The highest BCUT2D eigenvalue weighted by molar-refractivity contribution is 7.18. The summed E-state index contributed by atoms with van der Waals surface area (Å²) < 4.78 is 15.4. The molecule has 4 aromatic heterocycles. The van der Waals surface area contributed by atoms with Crippen molar-refractivity contribution in [1.82, 2.24) is 29.6 Å². The van der Waals surface area contributed by atoms with Crippen LogP contribution in [0.4, 0.5) is 10.9 Å². The maximum absolute atomic E-state index is 11.8. The third-order valence-electron chi connectivity index (χ3n) is 4.93. The van der Waals surface area contributed by atoms with Crippen molar-refractivity contribution in [2.75, 3.05) is 25.6 Å². The van der Waals surface area contributed by atoms with Crippen molar-refractivity contribution in [3.8, 4) is 11.6 Å². The number of rotatable bonds is 6. The molecule has 1 atom stereocenters. The molecular formula is C20H21N7O3S. The van der Waals surface area contributed by atoms with Gasteiger partial charge in [0.1, 0.15) is 11.6 Å². The van der Waals surface area contributed by atoms with Crippen LogP contribution in [-0.4, -0.2) is 56.6 Å². The zero-order valence-corrected chi connectivity index (χ0v) is 17.8. The van der Waals surface area contributed by atoms with Crippen molar-refractivity contribution >= 4 is 39.2 Å². The van der Waals surface area contributed by atoms with E-state index < -0.39 is 0 Å². The van der Waals surface area contributed by atoms with Crippen molar-refractivity contribution in [2.45, 2.75) is 12.5 Å². The van der Waals surface area contributed by atoms with Gasteiger partial charge in [-0.3, -0.25) is 9.48 Å². The molecule has 5 rings (SSSR count). The Kier molecular flexibility index (Phi) is 5.04. The normalized spacial score (nSPS) is 16.0. The zero-order valence-electron chi connectivity index (χ0n) is 17.0. The number of aromatic nitrogens is 5. The molecule has 160 valence electrons. The first kappa shape index (κ1) is 19.5. The van der Waals surface area contributed by atoms with Crippen LogP contribution in [0.25, 0.3) is 16.7 Å². The fourth-order valence-electron chi connectivity index (χ4n) is 3.42. The van der Waals surface area contributed by atoms with E-state index in [4.69, 9.17) is 9.47 Å². The summed E-state index contributed by atoms with van der Waals surface area (Å²) in [5.74, 6) is 0.740. The van der Waals surface area contributed by atoms with Crippen LogP contribution in [0, 0.1) is 0 Å². The molecule has 1 fully saturated rings. The minimum Gasteiger partial charge on any atom is -0.470 e. The molecule has 4 aromatic rings. The van der Waals surface area contributed by atoms with Gasteiger partial charge in [-0.05, 0) is 18.2 Å². The molecule has 1 aliphatic heterocycles. The molecule has 1 saturated heterocycles. The number of hydrogen-bond acceptors (Lipinski definition) is 8. The lowest BCUT2D eigenvalue weighted by Crippen LogP contribution is -2.17. The van der Waals surface area contributed by atoms with Gasteiger partial charge in [0.2, 0.25) is 11.8 Å². The van der Waals surface area contributed by atoms with Crippen molar-refractivity contribution in [1.29, 1.82) is 0 Å². The lowest BCUT2D eigenvalue weighted by atomic mass is 10.3.